The molecule has 0 saturated carbocycles. The monoisotopic (exact) mass is 364 g/mol. The molecule has 0 aliphatic rings. The number of hydrogen-bond donors (Lipinski definition) is 2. The van der Waals surface area contributed by atoms with Gasteiger partial charge in [-0.2, -0.15) is 0 Å². The van der Waals surface area contributed by atoms with Gasteiger partial charge in [0.15, 0.2) is 0 Å². The van der Waals surface area contributed by atoms with Crippen LogP contribution in [0.2, 0.25) is 0 Å². The molecule has 1 aromatic heterocycles. The number of anilines is 1. The second-order valence-corrected chi connectivity index (χ2v) is 6.37. The van der Waals surface area contributed by atoms with Gasteiger partial charge in [-0.25, -0.2) is 4.98 Å². The van der Waals surface area contributed by atoms with Crippen molar-refractivity contribution in [1.29, 1.82) is 0 Å². The third kappa shape index (κ3) is 4.94. The fourth-order valence-corrected chi connectivity index (χ4v) is 2.99. The molecular weight excluding hydrogens is 340 g/mol. The molecular formula is C21H24N4O2. The number of nitrogens with one attached hydrogen (secondary N) is 2. The minimum absolute atomic E-state index is 0.0435. The predicted molar refractivity (Wildman–Crippen MR) is 106 cm³/mol. The molecule has 2 amide bonds. The highest BCUT2D eigenvalue weighted by atomic mass is 16.2. The van der Waals surface area contributed by atoms with Gasteiger partial charge in [0.1, 0.15) is 12.4 Å². The highest BCUT2D eigenvalue weighted by Gasteiger charge is 2.14. The first-order valence-electron chi connectivity index (χ1n) is 9.23. The quantitative estimate of drug-likeness (QED) is 0.645. The SMILES string of the molecule is CCCC(=O)NCCc1nc2ccccc2n1CC(=O)Nc1ccccc1. The molecule has 0 saturated heterocycles. The van der Waals surface area contributed by atoms with E-state index in [1.165, 1.54) is 0 Å². The first-order valence-corrected chi connectivity index (χ1v) is 9.23. The molecule has 0 aliphatic heterocycles. The molecule has 140 valence electrons. The fourth-order valence-electron chi connectivity index (χ4n) is 2.99. The maximum absolute atomic E-state index is 12.5. The molecule has 0 fully saturated rings. The van der Waals surface area contributed by atoms with E-state index >= 15 is 0 Å². The van der Waals surface area contributed by atoms with E-state index in [0.29, 0.717) is 19.4 Å². The van der Waals surface area contributed by atoms with E-state index in [9.17, 15) is 9.59 Å². The van der Waals surface area contributed by atoms with E-state index in [0.717, 1.165) is 29.0 Å². The number of carbonyl (C=O) groups is 2. The van der Waals surface area contributed by atoms with Crippen LogP contribution in [0.5, 0.6) is 0 Å². The van der Waals surface area contributed by atoms with E-state index in [1.807, 2.05) is 66.1 Å². The molecule has 6 nitrogen and oxygen atoms in total. The number of para-hydroxylation sites is 3. The summed E-state index contributed by atoms with van der Waals surface area (Å²) in [6, 6.07) is 17.1. The molecule has 3 rings (SSSR count). The molecule has 27 heavy (non-hydrogen) atoms. The lowest BCUT2D eigenvalue weighted by Crippen LogP contribution is -2.27. The van der Waals surface area contributed by atoms with Gasteiger partial charge in [-0.05, 0) is 30.7 Å². The Balaban J connectivity index is 1.74. The summed E-state index contributed by atoms with van der Waals surface area (Å²) in [6.07, 6.45) is 1.92. The molecule has 2 aromatic carbocycles. The van der Waals surface area contributed by atoms with Crippen molar-refractivity contribution < 1.29 is 9.59 Å². The maximum atomic E-state index is 12.5. The van der Waals surface area contributed by atoms with Crippen molar-refractivity contribution in [2.24, 2.45) is 0 Å². The number of fused-ring (bicyclic) bond motifs is 1. The van der Waals surface area contributed by atoms with E-state index < -0.39 is 0 Å². The van der Waals surface area contributed by atoms with Crippen LogP contribution in [0.4, 0.5) is 5.69 Å². The summed E-state index contributed by atoms with van der Waals surface area (Å²) in [7, 11) is 0. The largest absolute Gasteiger partial charge is 0.356 e. The fraction of sp³-hybridized carbons (Fsp3) is 0.286. The number of nitrogens with zero attached hydrogens (tertiary/aromatic N) is 2. The molecule has 0 bridgehead atoms. The highest BCUT2D eigenvalue weighted by Crippen LogP contribution is 2.17. The van der Waals surface area contributed by atoms with Crippen molar-refractivity contribution in [3.8, 4) is 0 Å². The summed E-state index contributed by atoms with van der Waals surface area (Å²) in [4.78, 5) is 28.8. The molecule has 3 aromatic rings. The van der Waals surface area contributed by atoms with E-state index in [2.05, 4.69) is 15.6 Å². The topological polar surface area (TPSA) is 76.0 Å². The van der Waals surface area contributed by atoms with Gasteiger partial charge in [0.05, 0.1) is 11.0 Å². The molecule has 0 unspecified atom stereocenters. The van der Waals surface area contributed by atoms with E-state index in [1.54, 1.807) is 0 Å². The smallest absolute Gasteiger partial charge is 0.244 e. The number of imidazole rings is 1. The summed E-state index contributed by atoms with van der Waals surface area (Å²) in [5.41, 5.74) is 2.52. The van der Waals surface area contributed by atoms with Gasteiger partial charge < -0.3 is 15.2 Å². The number of aromatic nitrogens is 2. The average Bonchev–Trinajstić information content (AvgIpc) is 3.00. The maximum Gasteiger partial charge on any atom is 0.244 e. The van der Waals surface area contributed by atoms with Crippen molar-refractivity contribution in [3.05, 3.63) is 60.4 Å². The van der Waals surface area contributed by atoms with Gasteiger partial charge in [0.25, 0.3) is 0 Å². The average molecular weight is 364 g/mol. The lowest BCUT2D eigenvalue weighted by atomic mass is 10.3. The van der Waals surface area contributed by atoms with Crippen molar-refractivity contribution in [2.75, 3.05) is 11.9 Å². The van der Waals surface area contributed by atoms with Crippen LogP contribution in [-0.2, 0) is 22.6 Å². The lowest BCUT2D eigenvalue weighted by Gasteiger charge is -2.10. The predicted octanol–water partition coefficient (Wildman–Crippen LogP) is 3.13. The Bertz CT molecular complexity index is 918. The Kier molecular flexibility index (Phi) is 6.20. The van der Waals surface area contributed by atoms with Gasteiger partial charge in [0, 0.05) is 25.1 Å². The molecule has 0 atom stereocenters. The number of rotatable bonds is 8. The Morgan fingerprint density at radius 3 is 2.52 bits per heavy atom. The Morgan fingerprint density at radius 2 is 1.74 bits per heavy atom. The first kappa shape index (κ1) is 18.6. The van der Waals surface area contributed by atoms with Gasteiger partial charge in [-0.15, -0.1) is 0 Å². The number of amides is 2. The molecule has 2 N–H and O–H groups in total. The summed E-state index contributed by atoms with van der Waals surface area (Å²) < 4.78 is 1.92. The molecule has 0 radical (unpaired) electrons. The molecule has 0 aliphatic carbocycles. The minimum Gasteiger partial charge on any atom is -0.356 e. The number of hydrogen-bond acceptors (Lipinski definition) is 3. The lowest BCUT2D eigenvalue weighted by molar-refractivity contribution is -0.121. The first-order chi connectivity index (χ1) is 13.2. The number of carbonyl (C=O) groups excluding carboxylic acids is 2. The zero-order valence-corrected chi connectivity index (χ0v) is 15.4. The summed E-state index contributed by atoms with van der Waals surface area (Å²) in [5, 5.41) is 5.81. The molecule has 0 spiro atoms. The van der Waals surface area contributed by atoms with Gasteiger partial charge in [-0.1, -0.05) is 37.3 Å². The van der Waals surface area contributed by atoms with Gasteiger partial charge in [-0.3, -0.25) is 9.59 Å². The van der Waals surface area contributed by atoms with Crippen LogP contribution in [0.1, 0.15) is 25.6 Å². The molecule has 1 heterocycles. The Labute approximate surface area is 158 Å². The second kappa shape index (κ2) is 8.98. The Hall–Kier alpha value is -3.15. The minimum atomic E-state index is -0.111. The van der Waals surface area contributed by atoms with Crippen LogP contribution >= 0.6 is 0 Å². The third-order valence-electron chi connectivity index (χ3n) is 4.24. The van der Waals surface area contributed by atoms with Gasteiger partial charge in [0.2, 0.25) is 11.8 Å². The van der Waals surface area contributed by atoms with Gasteiger partial charge >= 0.3 is 0 Å². The summed E-state index contributed by atoms with van der Waals surface area (Å²) in [5.74, 6) is 0.721. The highest BCUT2D eigenvalue weighted by molar-refractivity contribution is 5.91. The normalized spacial score (nSPS) is 10.7. The number of benzene rings is 2. The molecule has 6 heteroatoms. The van der Waals surface area contributed by atoms with Crippen LogP contribution in [0.15, 0.2) is 54.6 Å². The Morgan fingerprint density at radius 1 is 1.00 bits per heavy atom. The standard InChI is InChI=1S/C21H24N4O2/c1-2-8-20(26)22-14-13-19-24-17-11-6-7-12-18(17)25(19)15-21(27)23-16-9-4-3-5-10-16/h3-7,9-12H,2,8,13-15H2,1H3,(H,22,26)(H,23,27). The van der Waals surface area contributed by atoms with Crippen molar-refractivity contribution >= 4 is 28.5 Å². The zero-order chi connectivity index (χ0) is 19.1. The van der Waals surface area contributed by atoms with Crippen molar-refractivity contribution in [3.63, 3.8) is 0 Å². The van der Waals surface area contributed by atoms with Crippen LogP contribution in [0, 0.1) is 0 Å². The van der Waals surface area contributed by atoms with Crippen LogP contribution in [0.25, 0.3) is 11.0 Å². The van der Waals surface area contributed by atoms with Crippen LogP contribution in [0.3, 0.4) is 0 Å². The van der Waals surface area contributed by atoms with E-state index in [-0.39, 0.29) is 18.4 Å². The van der Waals surface area contributed by atoms with E-state index in [4.69, 9.17) is 0 Å². The van der Waals surface area contributed by atoms with Crippen molar-refractivity contribution in [1.82, 2.24) is 14.9 Å². The van der Waals surface area contributed by atoms with Crippen molar-refractivity contribution in [2.45, 2.75) is 32.7 Å². The summed E-state index contributed by atoms with van der Waals surface area (Å²) in [6.45, 7) is 2.65. The second-order valence-electron chi connectivity index (χ2n) is 6.37. The zero-order valence-electron chi connectivity index (χ0n) is 15.4. The third-order valence-corrected chi connectivity index (χ3v) is 4.24. The van der Waals surface area contributed by atoms with Crippen LogP contribution < -0.4 is 10.6 Å². The van der Waals surface area contributed by atoms with Crippen LogP contribution in [-0.4, -0.2) is 27.9 Å². The summed E-state index contributed by atoms with van der Waals surface area (Å²) >= 11 is 0.